The van der Waals surface area contributed by atoms with Crippen molar-refractivity contribution in [3.63, 3.8) is 0 Å². The third-order valence-corrected chi connectivity index (χ3v) is 4.39. The smallest absolute Gasteiger partial charge is 0.342 e. The van der Waals surface area contributed by atoms with E-state index in [0.29, 0.717) is 11.6 Å². The molecule has 0 bridgehead atoms. The molecule has 26 heavy (non-hydrogen) atoms. The number of phenols is 1. The highest BCUT2D eigenvalue weighted by atomic mass is 16.5. The van der Waals surface area contributed by atoms with Crippen LogP contribution in [-0.4, -0.2) is 23.1 Å². The van der Waals surface area contributed by atoms with Crippen molar-refractivity contribution in [1.82, 2.24) is 0 Å². The van der Waals surface area contributed by atoms with E-state index in [1.807, 2.05) is 24.3 Å². The van der Waals surface area contributed by atoms with Crippen molar-refractivity contribution in [2.75, 3.05) is 5.32 Å². The number of phenolic OH excluding ortho intramolecular Hbond substituents is 1. The standard InChI is InChI=1S/C21H25NO4/c1-5-14(3)16-8-6-7-9-18(16)22-20(24)15(4)26-21(25)17-12-13(2)10-11-19(17)23/h6-12,14-15,23H,5H2,1-4H3,(H,22,24)/t14-,15+/m0/s1. The van der Waals surface area contributed by atoms with Crippen molar-refractivity contribution < 1.29 is 19.4 Å². The molecule has 0 aliphatic carbocycles. The van der Waals surface area contributed by atoms with Crippen molar-refractivity contribution in [2.24, 2.45) is 0 Å². The molecule has 0 aliphatic heterocycles. The Bertz CT molecular complexity index is 800. The molecule has 2 aromatic carbocycles. The summed E-state index contributed by atoms with van der Waals surface area (Å²) >= 11 is 0. The van der Waals surface area contributed by atoms with Gasteiger partial charge in [0.25, 0.3) is 5.91 Å². The quantitative estimate of drug-likeness (QED) is 0.753. The zero-order valence-corrected chi connectivity index (χ0v) is 15.6. The van der Waals surface area contributed by atoms with Gasteiger partial charge >= 0.3 is 5.97 Å². The lowest BCUT2D eigenvalue weighted by Crippen LogP contribution is -2.30. The van der Waals surface area contributed by atoms with Gasteiger partial charge in [0.15, 0.2) is 6.10 Å². The molecular weight excluding hydrogens is 330 g/mol. The fourth-order valence-electron chi connectivity index (χ4n) is 2.59. The summed E-state index contributed by atoms with van der Waals surface area (Å²) in [5, 5.41) is 12.6. The van der Waals surface area contributed by atoms with Gasteiger partial charge in [-0.2, -0.15) is 0 Å². The van der Waals surface area contributed by atoms with Crippen LogP contribution in [0.4, 0.5) is 5.69 Å². The van der Waals surface area contributed by atoms with E-state index in [-0.39, 0.29) is 11.3 Å². The molecule has 0 spiro atoms. The Morgan fingerprint density at radius 2 is 1.85 bits per heavy atom. The van der Waals surface area contributed by atoms with E-state index in [1.165, 1.54) is 19.1 Å². The van der Waals surface area contributed by atoms with Crippen LogP contribution in [0.25, 0.3) is 0 Å². The summed E-state index contributed by atoms with van der Waals surface area (Å²) < 4.78 is 5.22. The number of carbonyl (C=O) groups excluding carboxylic acids is 2. The highest BCUT2D eigenvalue weighted by Gasteiger charge is 2.22. The molecule has 0 saturated carbocycles. The molecule has 138 valence electrons. The molecule has 1 amide bonds. The van der Waals surface area contributed by atoms with Gasteiger partial charge in [0.05, 0.1) is 0 Å². The molecule has 0 unspecified atom stereocenters. The van der Waals surface area contributed by atoms with E-state index < -0.39 is 18.0 Å². The number of aromatic hydroxyl groups is 1. The third kappa shape index (κ3) is 4.63. The number of benzene rings is 2. The van der Waals surface area contributed by atoms with Crippen LogP contribution in [0.3, 0.4) is 0 Å². The first-order valence-corrected chi connectivity index (χ1v) is 8.73. The molecule has 0 radical (unpaired) electrons. The minimum absolute atomic E-state index is 0.0460. The van der Waals surface area contributed by atoms with E-state index in [1.54, 1.807) is 13.0 Å². The van der Waals surface area contributed by atoms with Crippen LogP contribution in [0.2, 0.25) is 0 Å². The molecule has 0 fully saturated rings. The molecule has 2 rings (SSSR count). The third-order valence-electron chi connectivity index (χ3n) is 4.39. The fourth-order valence-corrected chi connectivity index (χ4v) is 2.59. The molecular formula is C21H25NO4. The van der Waals surface area contributed by atoms with Crippen molar-refractivity contribution in [3.8, 4) is 5.75 Å². The number of nitrogens with one attached hydrogen (secondary N) is 1. The average molecular weight is 355 g/mol. The highest BCUT2D eigenvalue weighted by molar-refractivity contribution is 5.98. The molecule has 2 aromatic rings. The average Bonchev–Trinajstić information content (AvgIpc) is 2.63. The summed E-state index contributed by atoms with van der Waals surface area (Å²) in [5.41, 5.74) is 2.62. The maximum atomic E-state index is 12.4. The maximum absolute atomic E-state index is 12.4. The first kappa shape index (κ1) is 19.5. The molecule has 0 aromatic heterocycles. The van der Waals surface area contributed by atoms with Gasteiger partial charge in [0.2, 0.25) is 0 Å². The van der Waals surface area contributed by atoms with Crippen LogP contribution in [0, 0.1) is 6.92 Å². The largest absolute Gasteiger partial charge is 0.507 e. The number of esters is 1. The lowest BCUT2D eigenvalue weighted by atomic mass is 9.97. The summed E-state index contributed by atoms with van der Waals surface area (Å²) in [4.78, 5) is 24.7. The Morgan fingerprint density at radius 1 is 1.15 bits per heavy atom. The number of anilines is 1. The molecule has 2 atom stereocenters. The van der Waals surface area contributed by atoms with Crippen LogP contribution in [0.1, 0.15) is 54.6 Å². The van der Waals surface area contributed by atoms with Crippen molar-refractivity contribution >= 4 is 17.6 Å². The minimum Gasteiger partial charge on any atom is -0.507 e. The number of para-hydroxylation sites is 1. The van der Waals surface area contributed by atoms with Crippen LogP contribution < -0.4 is 5.32 Å². The summed E-state index contributed by atoms with van der Waals surface area (Å²) in [6.45, 7) is 7.49. The second-order valence-electron chi connectivity index (χ2n) is 6.45. The Labute approximate surface area is 154 Å². The van der Waals surface area contributed by atoms with Crippen LogP contribution >= 0.6 is 0 Å². The summed E-state index contributed by atoms with van der Waals surface area (Å²) in [6, 6.07) is 12.2. The number of aryl methyl sites for hydroxylation is 1. The van der Waals surface area contributed by atoms with E-state index in [2.05, 4.69) is 19.2 Å². The normalized spacial score (nSPS) is 12.9. The topological polar surface area (TPSA) is 75.6 Å². The Balaban J connectivity index is 2.09. The minimum atomic E-state index is -0.993. The van der Waals surface area contributed by atoms with E-state index in [9.17, 15) is 14.7 Å². The van der Waals surface area contributed by atoms with Crippen LogP contribution in [0.5, 0.6) is 5.75 Å². The first-order valence-electron chi connectivity index (χ1n) is 8.73. The van der Waals surface area contributed by atoms with Crippen molar-refractivity contribution in [2.45, 2.75) is 46.1 Å². The van der Waals surface area contributed by atoms with Gasteiger partial charge in [-0.15, -0.1) is 0 Å². The SMILES string of the molecule is CC[C@H](C)c1ccccc1NC(=O)[C@@H](C)OC(=O)c1cc(C)ccc1O. The number of rotatable bonds is 6. The van der Waals surface area contributed by atoms with Crippen LogP contribution in [0.15, 0.2) is 42.5 Å². The monoisotopic (exact) mass is 355 g/mol. The van der Waals surface area contributed by atoms with E-state index in [0.717, 1.165) is 17.5 Å². The number of ether oxygens (including phenoxy) is 1. The maximum Gasteiger partial charge on any atom is 0.342 e. The lowest BCUT2D eigenvalue weighted by Gasteiger charge is -2.18. The van der Waals surface area contributed by atoms with Gasteiger partial charge in [-0.1, -0.05) is 43.7 Å². The summed E-state index contributed by atoms with van der Waals surface area (Å²) in [5.74, 6) is -1.02. The predicted octanol–water partition coefficient (Wildman–Crippen LogP) is 4.40. The van der Waals surface area contributed by atoms with Gasteiger partial charge in [-0.25, -0.2) is 4.79 Å². The number of amides is 1. The number of carbonyl (C=O) groups is 2. The zero-order chi connectivity index (χ0) is 19.3. The summed E-state index contributed by atoms with van der Waals surface area (Å²) in [7, 11) is 0. The predicted molar refractivity (Wildman–Crippen MR) is 101 cm³/mol. The van der Waals surface area contributed by atoms with Gasteiger partial charge in [-0.05, 0) is 49.9 Å². The van der Waals surface area contributed by atoms with Gasteiger partial charge < -0.3 is 15.2 Å². The second-order valence-corrected chi connectivity index (χ2v) is 6.45. The summed E-state index contributed by atoms with van der Waals surface area (Å²) in [6.07, 6.45) is -0.0447. The second kappa shape index (κ2) is 8.52. The first-order chi connectivity index (χ1) is 12.3. The molecule has 0 heterocycles. The van der Waals surface area contributed by atoms with E-state index in [4.69, 9.17) is 4.74 Å². The van der Waals surface area contributed by atoms with Crippen molar-refractivity contribution in [1.29, 1.82) is 0 Å². The highest BCUT2D eigenvalue weighted by Crippen LogP contribution is 2.27. The Hall–Kier alpha value is -2.82. The zero-order valence-electron chi connectivity index (χ0n) is 15.6. The fraction of sp³-hybridized carbons (Fsp3) is 0.333. The number of hydrogen-bond acceptors (Lipinski definition) is 4. The van der Waals surface area contributed by atoms with Crippen LogP contribution in [-0.2, 0) is 9.53 Å². The Kier molecular flexibility index (Phi) is 6.39. The molecule has 5 nitrogen and oxygen atoms in total. The van der Waals surface area contributed by atoms with Gasteiger partial charge in [0, 0.05) is 5.69 Å². The Morgan fingerprint density at radius 3 is 2.54 bits per heavy atom. The molecule has 0 saturated heterocycles. The van der Waals surface area contributed by atoms with Gasteiger partial charge in [0.1, 0.15) is 11.3 Å². The molecule has 5 heteroatoms. The van der Waals surface area contributed by atoms with E-state index >= 15 is 0 Å². The molecule has 2 N–H and O–H groups in total. The van der Waals surface area contributed by atoms with Crippen molar-refractivity contribution in [3.05, 3.63) is 59.2 Å². The number of hydrogen-bond donors (Lipinski definition) is 2. The van der Waals surface area contributed by atoms with Gasteiger partial charge in [-0.3, -0.25) is 4.79 Å². The molecule has 0 aliphatic rings. The lowest BCUT2D eigenvalue weighted by molar-refractivity contribution is -0.123.